The van der Waals surface area contributed by atoms with Gasteiger partial charge in [0.15, 0.2) is 0 Å². The maximum Gasteiger partial charge on any atom is 0.0672 e. The molecule has 0 heterocycles. The average Bonchev–Trinajstić information content (AvgIpc) is 1.99. The Labute approximate surface area is 63.9 Å². The van der Waals surface area contributed by atoms with Gasteiger partial charge in [0.05, 0.1) is 6.67 Å². The van der Waals surface area contributed by atoms with E-state index in [9.17, 15) is 0 Å². The third-order valence-corrected chi connectivity index (χ3v) is 1.57. The van der Waals surface area contributed by atoms with Gasteiger partial charge in [0.25, 0.3) is 0 Å². The first-order valence-electron chi connectivity index (χ1n) is 3.80. The molecule has 0 aromatic heterocycles. The van der Waals surface area contributed by atoms with Gasteiger partial charge in [0.2, 0.25) is 0 Å². The number of nitrogens with one attached hydrogen (secondary N) is 1. The van der Waals surface area contributed by atoms with E-state index in [1.54, 1.807) is 0 Å². The molecule has 0 rings (SSSR count). The Hall–Kier alpha value is -0.500. The fourth-order valence-electron chi connectivity index (χ4n) is 0.484. The first-order chi connectivity index (χ1) is 4.70. The van der Waals surface area contributed by atoms with Gasteiger partial charge in [0, 0.05) is 5.70 Å². The molecule has 2 heteroatoms. The van der Waals surface area contributed by atoms with Crippen LogP contribution in [-0.4, -0.2) is 25.2 Å². The summed E-state index contributed by atoms with van der Waals surface area (Å²) in [7, 11) is 2.08. The van der Waals surface area contributed by atoms with E-state index in [1.807, 2.05) is 0 Å². The summed E-state index contributed by atoms with van der Waals surface area (Å²) in [5.41, 5.74) is 1.11. The molecule has 0 radical (unpaired) electrons. The Morgan fingerprint density at radius 2 is 2.10 bits per heavy atom. The van der Waals surface area contributed by atoms with Gasteiger partial charge in [-0.05, 0) is 20.0 Å². The van der Waals surface area contributed by atoms with Crippen molar-refractivity contribution >= 4 is 0 Å². The zero-order valence-electron chi connectivity index (χ0n) is 7.28. The molecule has 0 saturated heterocycles. The van der Waals surface area contributed by atoms with E-state index >= 15 is 0 Å². The molecule has 0 saturated carbocycles. The van der Waals surface area contributed by atoms with Crippen molar-refractivity contribution in [1.29, 1.82) is 0 Å². The van der Waals surface area contributed by atoms with Gasteiger partial charge in [-0.3, -0.25) is 4.90 Å². The molecule has 0 spiro atoms. The largest absolute Gasteiger partial charge is 0.376 e. The summed E-state index contributed by atoms with van der Waals surface area (Å²) in [5.74, 6) is 0. The summed E-state index contributed by atoms with van der Waals surface area (Å²) < 4.78 is 0. The fraction of sp³-hybridized carbons (Fsp3) is 0.750. The smallest absolute Gasteiger partial charge is 0.0672 e. The van der Waals surface area contributed by atoms with E-state index in [0.29, 0.717) is 0 Å². The lowest BCUT2D eigenvalue weighted by Gasteiger charge is -2.16. The van der Waals surface area contributed by atoms with E-state index in [4.69, 9.17) is 0 Å². The molecule has 0 aliphatic heterocycles. The first-order valence-corrected chi connectivity index (χ1v) is 3.80. The van der Waals surface area contributed by atoms with Crippen molar-refractivity contribution in [1.82, 2.24) is 10.2 Å². The van der Waals surface area contributed by atoms with Crippen LogP contribution in [0.1, 0.15) is 20.3 Å². The Morgan fingerprint density at radius 1 is 1.50 bits per heavy atom. The molecule has 10 heavy (non-hydrogen) atoms. The summed E-state index contributed by atoms with van der Waals surface area (Å²) >= 11 is 0. The highest BCUT2D eigenvalue weighted by atomic mass is 15.2. The molecule has 1 N–H and O–H groups in total. The van der Waals surface area contributed by atoms with E-state index in [-0.39, 0.29) is 0 Å². The van der Waals surface area contributed by atoms with Crippen LogP contribution in [0.4, 0.5) is 0 Å². The van der Waals surface area contributed by atoms with Crippen molar-refractivity contribution in [3.05, 3.63) is 12.3 Å². The van der Waals surface area contributed by atoms with Crippen LogP contribution < -0.4 is 5.32 Å². The number of hydrogen-bond donors (Lipinski definition) is 1. The number of hydrogen-bond acceptors (Lipinski definition) is 2. The first kappa shape index (κ1) is 9.50. The normalized spacial score (nSPS) is 10.0. The van der Waals surface area contributed by atoms with E-state index in [1.165, 1.54) is 0 Å². The lowest BCUT2D eigenvalue weighted by atomic mass is 10.4. The zero-order valence-corrected chi connectivity index (χ0v) is 7.28. The molecule has 0 fully saturated rings. The van der Waals surface area contributed by atoms with Gasteiger partial charge in [-0.15, -0.1) is 0 Å². The molecule has 60 valence electrons. The van der Waals surface area contributed by atoms with Crippen LogP contribution in [0.25, 0.3) is 0 Å². The Bertz CT molecular complexity index is 99.4. The monoisotopic (exact) mass is 142 g/mol. The average molecular weight is 142 g/mol. The number of nitrogens with zero attached hydrogens (tertiary/aromatic N) is 1. The molecule has 0 aliphatic rings. The summed E-state index contributed by atoms with van der Waals surface area (Å²) in [6, 6.07) is 0. The predicted molar refractivity (Wildman–Crippen MR) is 45.7 cm³/mol. The highest BCUT2D eigenvalue weighted by Gasteiger charge is 1.92. The van der Waals surface area contributed by atoms with Gasteiger partial charge < -0.3 is 5.32 Å². The standard InChI is InChI=1S/C8H18N2/c1-5-8(3)9-7-10(4)6-2/h9H,3,5-7H2,1-2,4H3. The number of allylic oxidation sites excluding steroid dienone is 1. The van der Waals surface area contributed by atoms with E-state index in [2.05, 4.69) is 37.7 Å². The molecular formula is C8H18N2. The van der Waals surface area contributed by atoms with Crippen LogP contribution >= 0.6 is 0 Å². The van der Waals surface area contributed by atoms with Crippen LogP contribution in [0.3, 0.4) is 0 Å². The van der Waals surface area contributed by atoms with Gasteiger partial charge in [0.1, 0.15) is 0 Å². The number of rotatable bonds is 5. The predicted octanol–water partition coefficient (Wildman–Crippen LogP) is 1.41. The van der Waals surface area contributed by atoms with Crippen molar-refractivity contribution in [2.45, 2.75) is 20.3 Å². The van der Waals surface area contributed by atoms with Crippen LogP contribution in [0.2, 0.25) is 0 Å². The summed E-state index contributed by atoms with van der Waals surface area (Å²) in [6.45, 7) is 10.1. The van der Waals surface area contributed by atoms with Gasteiger partial charge >= 0.3 is 0 Å². The summed E-state index contributed by atoms with van der Waals surface area (Å²) in [6.07, 6.45) is 1.01. The van der Waals surface area contributed by atoms with Crippen LogP contribution in [0, 0.1) is 0 Å². The summed E-state index contributed by atoms with van der Waals surface area (Å²) in [4.78, 5) is 2.20. The third kappa shape index (κ3) is 4.39. The minimum atomic E-state index is 0.906. The van der Waals surface area contributed by atoms with Crippen LogP contribution in [0.15, 0.2) is 12.3 Å². The van der Waals surface area contributed by atoms with Gasteiger partial charge in [-0.1, -0.05) is 20.4 Å². The Balaban J connectivity index is 3.26. The Kier molecular flexibility index (Phi) is 5.03. The maximum absolute atomic E-state index is 3.84. The maximum atomic E-state index is 3.84. The molecular weight excluding hydrogens is 124 g/mol. The Morgan fingerprint density at radius 3 is 2.50 bits per heavy atom. The molecule has 2 nitrogen and oxygen atoms in total. The van der Waals surface area contributed by atoms with Crippen molar-refractivity contribution in [2.24, 2.45) is 0 Å². The molecule has 0 aliphatic carbocycles. The van der Waals surface area contributed by atoms with E-state index in [0.717, 1.165) is 25.3 Å². The second-order valence-corrected chi connectivity index (χ2v) is 2.46. The van der Waals surface area contributed by atoms with Gasteiger partial charge in [-0.2, -0.15) is 0 Å². The summed E-state index contributed by atoms with van der Waals surface area (Å²) in [5, 5.41) is 3.21. The highest BCUT2D eigenvalue weighted by molar-refractivity contribution is 4.88. The van der Waals surface area contributed by atoms with Crippen molar-refractivity contribution in [2.75, 3.05) is 20.3 Å². The molecule has 0 unspecified atom stereocenters. The van der Waals surface area contributed by atoms with Gasteiger partial charge in [-0.25, -0.2) is 0 Å². The molecule has 0 atom stereocenters. The topological polar surface area (TPSA) is 15.3 Å². The van der Waals surface area contributed by atoms with Crippen LogP contribution in [-0.2, 0) is 0 Å². The molecule has 0 amide bonds. The molecule has 0 aromatic carbocycles. The molecule has 0 aromatic rings. The lowest BCUT2D eigenvalue weighted by molar-refractivity contribution is 0.334. The van der Waals surface area contributed by atoms with Crippen molar-refractivity contribution in [3.63, 3.8) is 0 Å². The quantitative estimate of drug-likeness (QED) is 0.584. The SMILES string of the molecule is C=C(CC)NCN(C)CC. The minimum absolute atomic E-state index is 0.906. The second kappa shape index (κ2) is 5.30. The zero-order chi connectivity index (χ0) is 7.98. The third-order valence-electron chi connectivity index (χ3n) is 1.57. The molecule has 0 bridgehead atoms. The highest BCUT2D eigenvalue weighted by Crippen LogP contribution is 1.89. The van der Waals surface area contributed by atoms with Crippen molar-refractivity contribution in [3.8, 4) is 0 Å². The second-order valence-electron chi connectivity index (χ2n) is 2.46. The lowest BCUT2D eigenvalue weighted by Crippen LogP contribution is -2.29. The van der Waals surface area contributed by atoms with Crippen molar-refractivity contribution < 1.29 is 0 Å². The fourth-order valence-corrected chi connectivity index (χ4v) is 0.484. The minimum Gasteiger partial charge on any atom is -0.376 e. The van der Waals surface area contributed by atoms with Crippen LogP contribution in [0.5, 0.6) is 0 Å². The van der Waals surface area contributed by atoms with E-state index < -0.39 is 0 Å².